The molecule has 0 fully saturated rings. The molecule has 3 aromatic rings. The van der Waals surface area contributed by atoms with Crippen LogP contribution in [-0.4, -0.2) is 43.4 Å². The molecular formula is C22H23N3O6S. The summed E-state index contributed by atoms with van der Waals surface area (Å²) in [4.78, 5) is 16.8. The molecule has 1 aromatic heterocycles. The van der Waals surface area contributed by atoms with Gasteiger partial charge in [-0.1, -0.05) is 17.3 Å². The molecule has 0 amide bonds. The van der Waals surface area contributed by atoms with Crippen LogP contribution >= 0.6 is 0 Å². The fraction of sp³-hybridized carbons (Fsp3) is 0.318. The zero-order valence-electron chi connectivity index (χ0n) is 17.9. The number of fused-ring (bicyclic) bond motifs is 1. The maximum atomic E-state index is 12.5. The van der Waals surface area contributed by atoms with Crippen molar-refractivity contribution in [3.63, 3.8) is 0 Å². The van der Waals surface area contributed by atoms with E-state index in [2.05, 4.69) is 10.1 Å². The second kappa shape index (κ2) is 8.62. The number of esters is 1. The van der Waals surface area contributed by atoms with Gasteiger partial charge in [-0.15, -0.1) is 0 Å². The topological polar surface area (TPSA) is 112 Å². The van der Waals surface area contributed by atoms with E-state index in [-0.39, 0.29) is 18.5 Å². The summed E-state index contributed by atoms with van der Waals surface area (Å²) in [5.41, 5.74) is 2.38. The SMILES string of the molecule is CCOc1ccccc1-c1noc(COC(=O)c2ccc3c(c2)CC(C)N3S(C)(=O)=O)n1. The van der Waals surface area contributed by atoms with Gasteiger partial charge in [-0.2, -0.15) is 4.98 Å². The zero-order chi connectivity index (χ0) is 22.9. The van der Waals surface area contributed by atoms with E-state index < -0.39 is 16.0 Å². The number of hydrogen-bond acceptors (Lipinski definition) is 8. The van der Waals surface area contributed by atoms with Crippen LogP contribution in [0.3, 0.4) is 0 Å². The number of nitrogens with zero attached hydrogens (tertiary/aromatic N) is 3. The monoisotopic (exact) mass is 457 g/mol. The molecule has 1 unspecified atom stereocenters. The first-order valence-electron chi connectivity index (χ1n) is 10.1. The highest BCUT2D eigenvalue weighted by molar-refractivity contribution is 7.92. The standard InChI is InChI=1S/C22H23N3O6S/c1-4-29-19-8-6-5-7-17(19)21-23-20(31-24-21)13-30-22(26)15-9-10-18-16(12-15)11-14(2)25(18)32(3,27)28/h5-10,12,14H,4,11,13H2,1-3H3. The number of aromatic nitrogens is 2. The van der Waals surface area contributed by atoms with Gasteiger partial charge in [0, 0.05) is 6.04 Å². The second-order valence-electron chi connectivity index (χ2n) is 7.47. The predicted molar refractivity (Wildman–Crippen MR) is 117 cm³/mol. The third-order valence-electron chi connectivity index (χ3n) is 5.05. The van der Waals surface area contributed by atoms with E-state index in [9.17, 15) is 13.2 Å². The number of anilines is 1. The van der Waals surface area contributed by atoms with Gasteiger partial charge in [0.25, 0.3) is 5.89 Å². The molecule has 168 valence electrons. The summed E-state index contributed by atoms with van der Waals surface area (Å²) >= 11 is 0. The molecule has 1 aliphatic heterocycles. The lowest BCUT2D eigenvalue weighted by Gasteiger charge is -2.21. The fourth-order valence-corrected chi connectivity index (χ4v) is 5.07. The summed E-state index contributed by atoms with van der Waals surface area (Å²) in [5.74, 6) is 0.563. The maximum Gasteiger partial charge on any atom is 0.338 e. The number of carbonyl (C=O) groups excluding carboxylic acids is 1. The Morgan fingerprint density at radius 3 is 2.78 bits per heavy atom. The van der Waals surface area contributed by atoms with E-state index >= 15 is 0 Å². The van der Waals surface area contributed by atoms with Crippen LogP contribution in [0, 0.1) is 0 Å². The van der Waals surface area contributed by atoms with Crippen LogP contribution in [0.4, 0.5) is 5.69 Å². The lowest BCUT2D eigenvalue weighted by atomic mass is 10.1. The lowest BCUT2D eigenvalue weighted by molar-refractivity contribution is 0.0429. The average molecular weight is 458 g/mol. The Morgan fingerprint density at radius 1 is 1.25 bits per heavy atom. The second-order valence-corrected chi connectivity index (χ2v) is 9.33. The molecule has 9 nitrogen and oxygen atoms in total. The van der Waals surface area contributed by atoms with Crippen molar-refractivity contribution >= 4 is 21.7 Å². The molecule has 32 heavy (non-hydrogen) atoms. The highest BCUT2D eigenvalue weighted by Gasteiger charge is 2.33. The predicted octanol–water partition coefficient (Wildman–Crippen LogP) is 3.20. The first-order chi connectivity index (χ1) is 15.3. The zero-order valence-corrected chi connectivity index (χ0v) is 18.8. The minimum Gasteiger partial charge on any atom is -0.493 e. The van der Waals surface area contributed by atoms with Crippen molar-refractivity contribution in [1.82, 2.24) is 10.1 Å². The third-order valence-corrected chi connectivity index (χ3v) is 6.32. The first kappa shape index (κ1) is 21.8. The van der Waals surface area contributed by atoms with Gasteiger partial charge in [-0.25, -0.2) is 13.2 Å². The van der Waals surface area contributed by atoms with Crippen molar-refractivity contribution in [2.45, 2.75) is 32.9 Å². The van der Waals surface area contributed by atoms with Crippen molar-refractivity contribution in [2.75, 3.05) is 17.2 Å². The van der Waals surface area contributed by atoms with E-state index in [0.29, 0.717) is 41.4 Å². The molecule has 0 saturated heterocycles. The maximum absolute atomic E-state index is 12.5. The molecule has 0 N–H and O–H groups in total. The molecular weight excluding hydrogens is 434 g/mol. The number of benzene rings is 2. The van der Waals surface area contributed by atoms with Gasteiger partial charge < -0.3 is 14.0 Å². The fourth-order valence-electron chi connectivity index (χ4n) is 3.80. The molecule has 0 saturated carbocycles. The quantitative estimate of drug-likeness (QED) is 0.497. The van der Waals surface area contributed by atoms with E-state index in [4.69, 9.17) is 14.0 Å². The van der Waals surface area contributed by atoms with Crippen molar-refractivity contribution in [3.05, 3.63) is 59.5 Å². The summed E-state index contributed by atoms with van der Waals surface area (Å²) in [6.07, 6.45) is 1.70. The summed E-state index contributed by atoms with van der Waals surface area (Å²) in [5, 5.41) is 3.95. The Hall–Kier alpha value is -3.40. The van der Waals surface area contributed by atoms with Gasteiger partial charge >= 0.3 is 5.97 Å². The average Bonchev–Trinajstić information content (AvgIpc) is 3.35. The van der Waals surface area contributed by atoms with Crippen LogP contribution in [0.5, 0.6) is 5.75 Å². The molecule has 0 spiro atoms. The van der Waals surface area contributed by atoms with E-state index in [1.165, 1.54) is 10.6 Å². The van der Waals surface area contributed by atoms with Crippen LogP contribution in [0.1, 0.15) is 35.7 Å². The van der Waals surface area contributed by atoms with E-state index in [0.717, 1.165) is 5.56 Å². The summed E-state index contributed by atoms with van der Waals surface area (Å²) in [6, 6.07) is 12.0. The van der Waals surface area contributed by atoms with Crippen LogP contribution in [0.15, 0.2) is 47.0 Å². The molecule has 2 aromatic carbocycles. The Labute approximate surface area is 186 Å². The lowest BCUT2D eigenvalue weighted by Crippen LogP contribution is -2.34. The molecule has 0 bridgehead atoms. The van der Waals surface area contributed by atoms with Crippen molar-refractivity contribution < 1.29 is 27.2 Å². The number of para-hydroxylation sites is 1. The van der Waals surface area contributed by atoms with Crippen LogP contribution < -0.4 is 9.04 Å². The highest BCUT2D eigenvalue weighted by Crippen LogP contribution is 2.35. The van der Waals surface area contributed by atoms with Gasteiger partial charge in [0.1, 0.15) is 5.75 Å². The van der Waals surface area contributed by atoms with Crippen LogP contribution in [0.2, 0.25) is 0 Å². The minimum absolute atomic E-state index is 0.151. The molecule has 1 aliphatic rings. The van der Waals surface area contributed by atoms with Crippen molar-refractivity contribution in [1.29, 1.82) is 0 Å². The molecule has 10 heteroatoms. The number of carbonyl (C=O) groups is 1. The smallest absolute Gasteiger partial charge is 0.338 e. The molecule has 2 heterocycles. The normalized spacial score (nSPS) is 15.5. The number of ether oxygens (including phenoxy) is 2. The van der Waals surface area contributed by atoms with Gasteiger partial charge in [0.2, 0.25) is 15.8 Å². The molecule has 1 atom stereocenters. The first-order valence-corrected chi connectivity index (χ1v) is 12.0. The van der Waals surface area contributed by atoms with Gasteiger partial charge in [-0.05, 0) is 56.2 Å². The summed E-state index contributed by atoms with van der Waals surface area (Å²) < 4.78 is 41.6. The summed E-state index contributed by atoms with van der Waals surface area (Å²) in [6.45, 7) is 4.03. The Bertz CT molecular complexity index is 1250. The van der Waals surface area contributed by atoms with Crippen molar-refractivity contribution in [3.8, 4) is 17.1 Å². The highest BCUT2D eigenvalue weighted by atomic mass is 32.2. The van der Waals surface area contributed by atoms with Gasteiger partial charge in [-0.3, -0.25) is 4.31 Å². The minimum atomic E-state index is -3.39. The van der Waals surface area contributed by atoms with Gasteiger partial charge in [0.05, 0.1) is 29.7 Å². The van der Waals surface area contributed by atoms with Crippen LogP contribution in [-0.2, 0) is 27.8 Å². The number of rotatable bonds is 7. The number of hydrogen-bond donors (Lipinski definition) is 0. The Morgan fingerprint density at radius 2 is 2.03 bits per heavy atom. The number of sulfonamides is 1. The molecule has 4 rings (SSSR count). The third kappa shape index (κ3) is 4.31. The van der Waals surface area contributed by atoms with Crippen molar-refractivity contribution in [2.24, 2.45) is 0 Å². The van der Waals surface area contributed by atoms with Gasteiger partial charge in [0.15, 0.2) is 6.61 Å². The largest absolute Gasteiger partial charge is 0.493 e. The Balaban J connectivity index is 1.45. The van der Waals surface area contributed by atoms with E-state index in [1.807, 2.05) is 38.1 Å². The van der Waals surface area contributed by atoms with E-state index in [1.54, 1.807) is 18.2 Å². The van der Waals surface area contributed by atoms with Crippen LogP contribution in [0.25, 0.3) is 11.4 Å². The Kier molecular flexibility index (Phi) is 5.88. The summed E-state index contributed by atoms with van der Waals surface area (Å²) in [7, 11) is -3.39. The molecule has 0 radical (unpaired) electrons. The molecule has 0 aliphatic carbocycles.